The van der Waals surface area contributed by atoms with Crippen LogP contribution in [0.1, 0.15) is 66.7 Å². The van der Waals surface area contributed by atoms with Gasteiger partial charge in [-0.3, -0.25) is 4.79 Å². The molecule has 3 aliphatic heterocycles. The number of imidazole rings is 1. The Hall–Kier alpha value is -2.38. The van der Waals surface area contributed by atoms with Gasteiger partial charge in [0.2, 0.25) is 5.95 Å². The van der Waals surface area contributed by atoms with Gasteiger partial charge in [-0.25, -0.2) is 4.98 Å². The second-order valence-electron chi connectivity index (χ2n) is 10.4. The number of hydrogen-bond donors (Lipinski definition) is 1. The number of piperidine rings is 1. The van der Waals surface area contributed by atoms with Crippen LogP contribution in [-0.4, -0.2) is 64.4 Å². The van der Waals surface area contributed by atoms with Gasteiger partial charge in [0.15, 0.2) is 5.69 Å². The molecule has 1 aromatic heterocycles. The molecule has 1 saturated carbocycles. The molecule has 1 aromatic carbocycles. The number of aliphatic hydroxyl groups is 1. The Balaban J connectivity index is 1.33. The number of aromatic nitrogens is 2. The minimum atomic E-state index is -0.865. The van der Waals surface area contributed by atoms with E-state index in [-0.39, 0.29) is 17.9 Å². The fourth-order valence-electron chi connectivity index (χ4n) is 6.86. The fraction of sp³-hybridized carbons (Fsp3) is 0.630. The van der Waals surface area contributed by atoms with E-state index in [2.05, 4.69) is 14.4 Å². The Kier molecular flexibility index (Phi) is 5.86. The molecule has 0 spiro atoms. The predicted octanol–water partition coefficient (Wildman–Crippen LogP) is 3.35. The molecule has 3 fully saturated rings. The van der Waals surface area contributed by atoms with Crippen molar-refractivity contribution < 1.29 is 14.6 Å². The van der Waals surface area contributed by atoms with E-state index in [0.717, 1.165) is 81.8 Å². The Labute approximate surface area is 201 Å². The maximum Gasteiger partial charge on any atom is 0.274 e. The largest absolute Gasteiger partial charge is 0.385 e. The molecule has 1 N–H and O–H groups in total. The summed E-state index contributed by atoms with van der Waals surface area (Å²) in [5, 5.41) is 11.9. The Bertz CT molecular complexity index is 1030. The molecule has 7 heteroatoms. The van der Waals surface area contributed by atoms with Gasteiger partial charge in [0, 0.05) is 38.1 Å². The summed E-state index contributed by atoms with van der Waals surface area (Å²) in [6.45, 7) is 4.57. The van der Waals surface area contributed by atoms with Crippen molar-refractivity contribution >= 4 is 11.9 Å². The van der Waals surface area contributed by atoms with E-state index >= 15 is 0 Å². The number of carbonyl (C=O) groups is 1. The summed E-state index contributed by atoms with van der Waals surface area (Å²) >= 11 is 0. The number of hydrogen-bond acceptors (Lipinski definition) is 5. The number of benzene rings is 1. The van der Waals surface area contributed by atoms with Crippen LogP contribution < -0.4 is 4.90 Å². The van der Waals surface area contributed by atoms with Crippen LogP contribution in [-0.2, 0) is 23.3 Å². The van der Waals surface area contributed by atoms with Gasteiger partial charge in [0.05, 0.1) is 24.5 Å². The molecular weight excluding hydrogens is 428 g/mol. The highest BCUT2D eigenvalue weighted by Crippen LogP contribution is 2.47. The molecule has 0 bridgehead atoms. The molecule has 2 aromatic rings. The van der Waals surface area contributed by atoms with Crippen molar-refractivity contribution in [1.29, 1.82) is 0 Å². The number of anilines is 1. The molecule has 6 rings (SSSR count). The SMILES string of the molecule is O=C(c1nc(N2CCOCC2)n2c1CCCC2)N1CCC(O)(c2ccccc2)[C@H]2CCCC[C@H]21. The lowest BCUT2D eigenvalue weighted by atomic mass is 9.66. The lowest BCUT2D eigenvalue weighted by Crippen LogP contribution is -2.59. The molecule has 1 unspecified atom stereocenters. The van der Waals surface area contributed by atoms with Crippen LogP contribution in [0.2, 0.25) is 0 Å². The second kappa shape index (κ2) is 9.00. The lowest BCUT2D eigenvalue weighted by Gasteiger charge is -2.52. The molecule has 34 heavy (non-hydrogen) atoms. The monoisotopic (exact) mass is 464 g/mol. The van der Waals surface area contributed by atoms with Gasteiger partial charge in [-0.1, -0.05) is 43.2 Å². The summed E-state index contributed by atoms with van der Waals surface area (Å²) in [6.07, 6.45) is 7.86. The fourth-order valence-corrected chi connectivity index (χ4v) is 6.86. The van der Waals surface area contributed by atoms with Crippen molar-refractivity contribution in [2.75, 3.05) is 37.7 Å². The molecule has 1 amide bonds. The van der Waals surface area contributed by atoms with Crippen LogP contribution in [0.4, 0.5) is 5.95 Å². The molecule has 1 aliphatic carbocycles. The first-order valence-corrected chi connectivity index (χ1v) is 13.2. The van der Waals surface area contributed by atoms with E-state index in [1.165, 1.54) is 0 Å². The Morgan fingerprint density at radius 3 is 2.62 bits per heavy atom. The van der Waals surface area contributed by atoms with E-state index < -0.39 is 5.60 Å². The molecule has 4 aliphatic rings. The third-order valence-corrected chi connectivity index (χ3v) is 8.61. The zero-order valence-corrected chi connectivity index (χ0v) is 20.0. The van der Waals surface area contributed by atoms with Gasteiger partial charge in [0.25, 0.3) is 5.91 Å². The second-order valence-corrected chi connectivity index (χ2v) is 10.4. The third kappa shape index (κ3) is 3.64. The van der Waals surface area contributed by atoms with Crippen molar-refractivity contribution in [3.63, 3.8) is 0 Å². The van der Waals surface area contributed by atoms with E-state index in [1.807, 2.05) is 30.3 Å². The molecule has 2 saturated heterocycles. The van der Waals surface area contributed by atoms with Crippen molar-refractivity contribution in [1.82, 2.24) is 14.5 Å². The Morgan fingerprint density at radius 1 is 1.00 bits per heavy atom. The molecule has 182 valence electrons. The normalized spacial score (nSPS) is 29.4. The first-order valence-electron chi connectivity index (χ1n) is 13.2. The number of carbonyl (C=O) groups excluding carboxylic acids is 1. The predicted molar refractivity (Wildman–Crippen MR) is 130 cm³/mol. The summed E-state index contributed by atoms with van der Waals surface area (Å²) in [5.41, 5.74) is 1.88. The zero-order valence-electron chi connectivity index (χ0n) is 20.0. The average molecular weight is 465 g/mol. The van der Waals surface area contributed by atoms with Gasteiger partial charge in [-0.2, -0.15) is 0 Å². The lowest BCUT2D eigenvalue weighted by molar-refractivity contribution is -0.110. The van der Waals surface area contributed by atoms with E-state index in [9.17, 15) is 9.90 Å². The first kappa shape index (κ1) is 22.1. The highest BCUT2D eigenvalue weighted by atomic mass is 16.5. The highest BCUT2D eigenvalue weighted by Gasteiger charge is 2.51. The molecular formula is C27H36N4O3. The zero-order chi connectivity index (χ0) is 23.1. The Morgan fingerprint density at radius 2 is 1.79 bits per heavy atom. The van der Waals surface area contributed by atoms with Crippen LogP contribution in [0.3, 0.4) is 0 Å². The summed E-state index contributed by atoms with van der Waals surface area (Å²) in [4.78, 5) is 23.5. The standard InChI is InChI=1S/C27H36N4O3/c32-25(24-23-12-6-7-14-31(23)26(28-24)29-16-18-34-19-17-29)30-15-13-27(33,20-8-2-1-3-9-20)21-10-4-5-11-22(21)30/h1-3,8-9,21-22,33H,4-7,10-19H2/t21-,22+,27?/m0/s1. The maximum absolute atomic E-state index is 14.1. The van der Waals surface area contributed by atoms with Crippen LogP contribution in [0.15, 0.2) is 30.3 Å². The minimum absolute atomic E-state index is 0.0629. The van der Waals surface area contributed by atoms with E-state index in [1.54, 1.807) is 0 Å². The number of rotatable bonds is 3. The number of amides is 1. The quantitative estimate of drug-likeness (QED) is 0.754. The van der Waals surface area contributed by atoms with Crippen LogP contribution in [0.5, 0.6) is 0 Å². The number of likely N-dealkylation sites (tertiary alicyclic amines) is 1. The summed E-state index contributed by atoms with van der Waals surface area (Å²) in [7, 11) is 0. The van der Waals surface area contributed by atoms with Gasteiger partial charge in [-0.15, -0.1) is 0 Å². The van der Waals surface area contributed by atoms with Crippen molar-refractivity contribution in [3.05, 3.63) is 47.3 Å². The van der Waals surface area contributed by atoms with Crippen LogP contribution in [0.25, 0.3) is 0 Å². The van der Waals surface area contributed by atoms with Gasteiger partial charge < -0.3 is 24.2 Å². The number of fused-ring (bicyclic) bond motifs is 2. The third-order valence-electron chi connectivity index (χ3n) is 8.61. The maximum atomic E-state index is 14.1. The number of ether oxygens (including phenoxy) is 1. The van der Waals surface area contributed by atoms with Crippen molar-refractivity contribution in [2.45, 2.75) is 69.6 Å². The van der Waals surface area contributed by atoms with E-state index in [4.69, 9.17) is 9.72 Å². The number of nitrogens with zero attached hydrogens (tertiary/aromatic N) is 4. The van der Waals surface area contributed by atoms with Crippen molar-refractivity contribution in [2.24, 2.45) is 5.92 Å². The average Bonchev–Trinajstić information content (AvgIpc) is 3.30. The highest BCUT2D eigenvalue weighted by molar-refractivity contribution is 5.94. The summed E-state index contributed by atoms with van der Waals surface area (Å²) < 4.78 is 7.85. The summed E-state index contributed by atoms with van der Waals surface area (Å²) in [6, 6.07) is 10.2. The van der Waals surface area contributed by atoms with Crippen LogP contribution >= 0.6 is 0 Å². The van der Waals surface area contributed by atoms with Gasteiger partial charge >= 0.3 is 0 Å². The van der Waals surface area contributed by atoms with Crippen LogP contribution in [0, 0.1) is 5.92 Å². The first-order chi connectivity index (χ1) is 16.7. The molecule has 0 radical (unpaired) electrons. The topological polar surface area (TPSA) is 70.8 Å². The smallest absolute Gasteiger partial charge is 0.274 e. The van der Waals surface area contributed by atoms with Gasteiger partial charge in [-0.05, 0) is 44.1 Å². The summed E-state index contributed by atoms with van der Waals surface area (Å²) in [5.74, 6) is 1.08. The molecule has 3 atom stereocenters. The number of morpholine rings is 1. The van der Waals surface area contributed by atoms with Crippen molar-refractivity contribution in [3.8, 4) is 0 Å². The minimum Gasteiger partial charge on any atom is -0.385 e. The molecule has 7 nitrogen and oxygen atoms in total. The van der Waals surface area contributed by atoms with E-state index in [0.29, 0.717) is 31.9 Å². The van der Waals surface area contributed by atoms with Gasteiger partial charge in [0.1, 0.15) is 0 Å². The molecule has 4 heterocycles.